The predicted molar refractivity (Wildman–Crippen MR) is 100 cm³/mol. The Bertz CT molecular complexity index is 1090. The smallest absolute Gasteiger partial charge is 0.267 e. The zero-order valence-corrected chi connectivity index (χ0v) is 14.3. The van der Waals surface area contributed by atoms with Crippen molar-refractivity contribution in [3.05, 3.63) is 81.7 Å². The molecule has 0 bridgehead atoms. The lowest BCUT2D eigenvalue weighted by molar-refractivity contribution is 0.966. The number of benzene rings is 2. The maximum Gasteiger partial charge on any atom is 0.267 e. The maximum atomic E-state index is 13.1. The Morgan fingerprint density at radius 1 is 1.00 bits per heavy atom. The molecular formula is C20H16N2OS. The molecule has 0 saturated heterocycles. The summed E-state index contributed by atoms with van der Waals surface area (Å²) in [5.41, 5.74) is 5.25. The van der Waals surface area contributed by atoms with Gasteiger partial charge in [-0.05, 0) is 37.1 Å². The van der Waals surface area contributed by atoms with Gasteiger partial charge in [-0.25, -0.2) is 4.98 Å². The van der Waals surface area contributed by atoms with Crippen molar-refractivity contribution in [3.8, 4) is 16.8 Å². The molecule has 0 N–H and O–H groups in total. The number of para-hydroxylation sites is 1. The minimum Gasteiger partial charge on any atom is -0.268 e. The molecular weight excluding hydrogens is 316 g/mol. The van der Waals surface area contributed by atoms with Gasteiger partial charge >= 0.3 is 0 Å². The Morgan fingerprint density at radius 2 is 1.79 bits per heavy atom. The summed E-state index contributed by atoms with van der Waals surface area (Å²) >= 11 is 1.52. The van der Waals surface area contributed by atoms with Gasteiger partial charge in [0, 0.05) is 10.9 Å². The molecule has 4 rings (SSSR count). The average Bonchev–Trinajstić information content (AvgIpc) is 3.01. The normalized spacial score (nSPS) is 11.1. The van der Waals surface area contributed by atoms with E-state index in [-0.39, 0.29) is 5.56 Å². The van der Waals surface area contributed by atoms with E-state index in [0.717, 1.165) is 21.6 Å². The summed E-state index contributed by atoms with van der Waals surface area (Å²) < 4.78 is 1.61. The van der Waals surface area contributed by atoms with Crippen molar-refractivity contribution in [2.75, 3.05) is 0 Å². The van der Waals surface area contributed by atoms with Crippen LogP contribution in [0.2, 0.25) is 0 Å². The number of aryl methyl sites for hydroxylation is 2. The summed E-state index contributed by atoms with van der Waals surface area (Å²) in [5, 5.41) is 2.73. The predicted octanol–water partition coefficient (Wildman–Crippen LogP) is 4.73. The number of hydrogen-bond donors (Lipinski definition) is 0. The highest BCUT2D eigenvalue weighted by Crippen LogP contribution is 2.33. The van der Waals surface area contributed by atoms with E-state index in [1.54, 1.807) is 10.9 Å². The molecule has 24 heavy (non-hydrogen) atoms. The van der Waals surface area contributed by atoms with Crippen molar-refractivity contribution in [3.63, 3.8) is 0 Å². The van der Waals surface area contributed by atoms with Crippen LogP contribution in [0.25, 0.3) is 27.0 Å². The molecule has 0 aliphatic carbocycles. The standard InChI is InChI=1S/C20H16N2OS/c1-13-8-9-16(14(2)10-13)17-11-24-19-18(17)20(23)22(12-21-19)15-6-4-3-5-7-15/h3-12H,1-2H3. The zero-order chi connectivity index (χ0) is 16.7. The number of hydrogen-bond acceptors (Lipinski definition) is 3. The largest absolute Gasteiger partial charge is 0.268 e. The molecule has 4 heteroatoms. The van der Waals surface area contributed by atoms with E-state index in [9.17, 15) is 4.79 Å². The van der Waals surface area contributed by atoms with E-state index >= 15 is 0 Å². The Balaban J connectivity index is 2.00. The Kier molecular flexibility index (Phi) is 3.54. The van der Waals surface area contributed by atoms with Crippen LogP contribution in [0.1, 0.15) is 11.1 Å². The lowest BCUT2D eigenvalue weighted by Gasteiger charge is -2.08. The number of fused-ring (bicyclic) bond motifs is 1. The molecule has 4 aromatic rings. The fourth-order valence-corrected chi connectivity index (χ4v) is 3.92. The van der Waals surface area contributed by atoms with Crippen molar-refractivity contribution < 1.29 is 0 Å². The van der Waals surface area contributed by atoms with Crippen LogP contribution in [0.5, 0.6) is 0 Å². The van der Waals surface area contributed by atoms with Gasteiger partial charge in [-0.3, -0.25) is 9.36 Å². The minimum atomic E-state index is -0.0255. The summed E-state index contributed by atoms with van der Waals surface area (Å²) in [6, 6.07) is 15.9. The van der Waals surface area contributed by atoms with E-state index in [1.165, 1.54) is 22.5 Å². The fourth-order valence-electron chi connectivity index (χ4n) is 3.02. The van der Waals surface area contributed by atoms with Crippen LogP contribution in [0.3, 0.4) is 0 Å². The van der Waals surface area contributed by atoms with Crippen molar-refractivity contribution >= 4 is 21.6 Å². The van der Waals surface area contributed by atoms with Crippen molar-refractivity contribution in [1.82, 2.24) is 9.55 Å². The lowest BCUT2D eigenvalue weighted by atomic mass is 9.99. The lowest BCUT2D eigenvalue weighted by Crippen LogP contribution is -2.18. The summed E-state index contributed by atoms with van der Waals surface area (Å²) in [7, 11) is 0. The monoisotopic (exact) mass is 332 g/mol. The van der Waals surface area contributed by atoms with Crippen LogP contribution in [0, 0.1) is 13.8 Å². The second kappa shape index (κ2) is 5.73. The van der Waals surface area contributed by atoms with Gasteiger partial charge in [0.2, 0.25) is 0 Å². The number of rotatable bonds is 2. The van der Waals surface area contributed by atoms with E-state index in [0.29, 0.717) is 5.39 Å². The molecule has 0 amide bonds. The van der Waals surface area contributed by atoms with Crippen molar-refractivity contribution in [1.29, 1.82) is 0 Å². The topological polar surface area (TPSA) is 34.9 Å². The summed E-state index contributed by atoms with van der Waals surface area (Å²) in [4.78, 5) is 18.4. The second-order valence-electron chi connectivity index (χ2n) is 5.90. The Morgan fingerprint density at radius 3 is 2.54 bits per heavy atom. The highest BCUT2D eigenvalue weighted by molar-refractivity contribution is 7.17. The van der Waals surface area contributed by atoms with Crippen LogP contribution in [-0.4, -0.2) is 9.55 Å². The van der Waals surface area contributed by atoms with Gasteiger partial charge in [0.15, 0.2) is 0 Å². The Labute approximate surface area is 143 Å². The minimum absolute atomic E-state index is 0.0255. The number of nitrogens with zero attached hydrogens (tertiary/aromatic N) is 2. The zero-order valence-electron chi connectivity index (χ0n) is 13.5. The third kappa shape index (κ3) is 2.36. The van der Waals surface area contributed by atoms with Gasteiger partial charge in [0.05, 0.1) is 11.1 Å². The third-order valence-corrected chi connectivity index (χ3v) is 5.09. The van der Waals surface area contributed by atoms with Gasteiger partial charge in [-0.1, -0.05) is 42.0 Å². The van der Waals surface area contributed by atoms with Gasteiger partial charge < -0.3 is 0 Å². The first-order valence-electron chi connectivity index (χ1n) is 7.77. The molecule has 0 saturated carbocycles. The molecule has 118 valence electrons. The fraction of sp³-hybridized carbons (Fsp3) is 0.100. The van der Waals surface area contributed by atoms with E-state index in [4.69, 9.17) is 0 Å². The van der Waals surface area contributed by atoms with Crippen molar-refractivity contribution in [2.45, 2.75) is 13.8 Å². The van der Waals surface area contributed by atoms with Gasteiger partial charge in [-0.2, -0.15) is 0 Å². The molecule has 0 spiro atoms. The summed E-state index contributed by atoms with van der Waals surface area (Å²) in [5.74, 6) is 0. The maximum absolute atomic E-state index is 13.1. The molecule has 2 aromatic heterocycles. The van der Waals surface area contributed by atoms with Gasteiger partial charge in [0.1, 0.15) is 11.2 Å². The van der Waals surface area contributed by atoms with Crippen LogP contribution in [0.4, 0.5) is 0 Å². The third-order valence-electron chi connectivity index (χ3n) is 4.20. The number of thiophene rings is 1. The molecule has 0 aliphatic rings. The molecule has 0 radical (unpaired) electrons. The van der Waals surface area contributed by atoms with E-state index in [2.05, 4.69) is 37.0 Å². The molecule has 3 nitrogen and oxygen atoms in total. The summed E-state index contributed by atoms with van der Waals surface area (Å²) in [6.07, 6.45) is 1.61. The second-order valence-corrected chi connectivity index (χ2v) is 6.76. The van der Waals surface area contributed by atoms with E-state index < -0.39 is 0 Å². The van der Waals surface area contributed by atoms with Crippen molar-refractivity contribution in [2.24, 2.45) is 0 Å². The Hall–Kier alpha value is -2.72. The van der Waals surface area contributed by atoms with Crippen LogP contribution < -0.4 is 5.56 Å². The highest BCUT2D eigenvalue weighted by Gasteiger charge is 2.15. The first-order valence-corrected chi connectivity index (χ1v) is 8.65. The van der Waals surface area contributed by atoms with Crippen LogP contribution >= 0.6 is 11.3 Å². The molecule has 2 heterocycles. The van der Waals surface area contributed by atoms with E-state index in [1.807, 2.05) is 35.7 Å². The SMILES string of the molecule is Cc1ccc(-c2csc3ncn(-c4ccccc4)c(=O)c23)c(C)c1. The highest BCUT2D eigenvalue weighted by atomic mass is 32.1. The molecule has 2 aromatic carbocycles. The quantitative estimate of drug-likeness (QED) is 0.532. The molecule has 0 fully saturated rings. The number of aromatic nitrogens is 2. The first kappa shape index (κ1) is 14.8. The molecule has 0 aliphatic heterocycles. The summed E-state index contributed by atoms with van der Waals surface area (Å²) in [6.45, 7) is 4.16. The molecule has 0 atom stereocenters. The average molecular weight is 332 g/mol. The van der Waals surface area contributed by atoms with Gasteiger partial charge in [0.25, 0.3) is 5.56 Å². The molecule has 0 unspecified atom stereocenters. The van der Waals surface area contributed by atoms with Gasteiger partial charge in [-0.15, -0.1) is 11.3 Å². The van der Waals surface area contributed by atoms with Crippen LogP contribution in [0.15, 0.2) is 65.0 Å². The van der Waals surface area contributed by atoms with Crippen LogP contribution in [-0.2, 0) is 0 Å². The first-order chi connectivity index (χ1) is 11.6.